The summed E-state index contributed by atoms with van der Waals surface area (Å²) in [5.74, 6) is -0.0945. The molecule has 112 valence electrons. The van der Waals surface area contributed by atoms with Crippen LogP contribution in [0.4, 0.5) is 4.39 Å². The van der Waals surface area contributed by atoms with Crippen LogP contribution in [-0.2, 0) is 6.42 Å². The van der Waals surface area contributed by atoms with Crippen molar-refractivity contribution in [1.29, 1.82) is 0 Å². The van der Waals surface area contributed by atoms with E-state index in [0.29, 0.717) is 0 Å². The molecule has 1 atom stereocenters. The number of nitrogens with one attached hydrogen (secondary N) is 1. The van der Waals surface area contributed by atoms with Gasteiger partial charge >= 0.3 is 0 Å². The average molecular weight is 285 g/mol. The molecule has 0 aliphatic rings. The van der Waals surface area contributed by atoms with Crippen LogP contribution in [0.25, 0.3) is 0 Å². The van der Waals surface area contributed by atoms with Crippen LogP contribution in [0.2, 0.25) is 0 Å². The minimum atomic E-state index is -0.0945. The van der Waals surface area contributed by atoms with E-state index in [2.05, 4.69) is 36.5 Å². The summed E-state index contributed by atoms with van der Waals surface area (Å²) >= 11 is 0. The van der Waals surface area contributed by atoms with Crippen molar-refractivity contribution in [2.75, 3.05) is 6.54 Å². The van der Waals surface area contributed by atoms with E-state index in [-0.39, 0.29) is 11.9 Å². The van der Waals surface area contributed by atoms with Crippen LogP contribution >= 0.6 is 0 Å². The van der Waals surface area contributed by atoms with Gasteiger partial charge < -0.3 is 5.32 Å². The predicted octanol–water partition coefficient (Wildman–Crippen LogP) is 4.81. The lowest BCUT2D eigenvalue weighted by Crippen LogP contribution is -2.22. The molecule has 21 heavy (non-hydrogen) atoms. The summed E-state index contributed by atoms with van der Waals surface area (Å²) in [5, 5.41) is 3.57. The summed E-state index contributed by atoms with van der Waals surface area (Å²) in [4.78, 5) is 0. The summed E-state index contributed by atoms with van der Waals surface area (Å²) in [6.45, 7) is 5.15. The topological polar surface area (TPSA) is 12.0 Å². The highest BCUT2D eigenvalue weighted by Crippen LogP contribution is 2.21. The minimum Gasteiger partial charge on any atom is -0.310 e. The second kappa shape index (κ2) is 7.94. The van der Waals surface area contributed by atoms with Crippen molar-refractivity contribution in [3.63, 3.8) is 0 Å². The number of hydrogen-bond donors (Lipinski definition) is 1. The monoisotopic (exact) mass is 285 g/mol. The lowest BCUT2D eigenvalue weighted by Gasteiger charge is -2.19. The van der Waals surface area contributed by atoms with Crippen molar-refractivity contribution in [3.8, 4) is 0 Å². The molecule has 1 unspecified atom stereocenters. The summed E-state index contributed by atoms with van der Waals surface area (Å²) < 4.78 is 13.9. The summed E-state index contributed by atoms with van der Waals surface area (Å²) in [6, 6.07) is 16.1. The molecular weight excluding hydrogens is 261 g/mol. The van der Waals surface area contributed by atoms with Gasteiger partial charge in [0.15, 0.2) is 0 Å². The minimum absolute atomic E-state index is 0.0945. The smallest absolute Gasteiger partial charge is 0.126 e. The number of hydrogen-bond acceptors (Lipinski definition) is 1. The molecule has 2 heteroatoms. The Hall–Kier alpha value is -1.67. The van der Waals surface area contributed by atoms with Crippen molar-refractivity contribution in [1.82, 2.24) is 5.32 Å². The second-order valence-electron chi connectivity index (χ2n) is 5.55. The van der Waals surface area contributed by atoms with E-state index >= 15 is 0 Å². The third kappa shape index (κ3) is 4.68. The fourth-order valence-electron chi connectivity index (χ4n) is 2.59. The highest BCUT2D eigenvalue weighted by atomic mass is 19.1. The average Bonchev–Trinajstić information content (AvgIpc) is 2.51. The van der Waals surface area contributed by atoms with Crippen molar-refractivity contribution >= 4 is 0 Å². The molecule has 0 spiro atoms. The molecule has 0 saturated carbocycles. The molecule has 0 fully saturated rings. The van der Waals surface area contributed by atoms with Crippen LogP contribution in [0.3, 0.4) is 0 Å². The Morgan fingerprint density at radius 3 is 2.57 bits per heavy atom. The van der Waals surface area contributed by atoms with Gasteiger partial charge in [0.05, 0.1) is 0 Å². The zero-order chi connectivity index (χ0) is 15.1. The van der Waals surface area contributed by atoms with Gasteiger partial charge in [-0.3, -0.25) is 0 Å². The van der Waals surface area contributed by atoms with E-state index in [1.807, 2.05) is 25.1 Å². The molecule has 1 N–H and O–H groups in total. The van der Waals surface area contributed by atoms with E-state index in [1.54, 1.807) is 6.07 Å². The number of halogens is 1. The maximum atomic E-state index is 13.9. The van der Waals surface area contributed by atoms with Gasteiger partial charge in [-0.05, 0) is 49.9 Å². The molecule has 0 saturated heterocycles. The van der Waals surface area contributed by atoms with Crippen LogP contribution in [0.15, 0.2) is 48.5 Å². The van der Waals surface area contributed by atoms with Gasteiger partial charge in [-0.25, -0.2) is 4.39 Å². The van der Waals surface area contributed by atoms with Gasteiger partial charge in [0.25, 0.3) is 0 Å². The Morgan fingerprint density at radius 2 is 1.86 bits per heavy atom. The highest BCUT2D eigenvalue weighted by Gasteiger charge is 2.12. The normalized spacial score (nSPS) is 12.3. The van der Waals surface area contributed by atoms with Crippen molar-refractivity contribution in [2.24, 2.45) is 0 Å². The van der Waals surface area contributed by atoms with Gasteiger partial charge in [0.2, 0.25) is 0 Å². The molecule has 2 aromatic rings. The largest absolute Gasteiger partial charge is 0.310 e. The van der Waals surface area contributed by atoms with Crippen molar-refractivity contribution in [3.05, 3.63) is 71.0 Å². The first-order valence-electron chi connectivity index (χ1n) is 7.74. The molecule has 0 aromatic heterocycles. The Labute approximate surface area is 127 Å². The SMILES string of the molecule is CCCNC(CCc1cc(C)ccc1F)c1ccccc1. The van der Waals surface area contributed by atoms with E-state index in [1.165, 1.54) is 5.56 Å². The van der Waals surface area contributed by atoms with Gasteiger partial charge in [-0.1, -0.05) is 55.0 Å². The molecule has 2 aromatic carbocycles. The molecule has 0 bridgehead atoms. The Balaban J connectivity index is 2.07. The standard InChI is InChI=1S/C19H24FN/c1-3-13-21-19(16-7-5-4-6-8-16)12-10-17-14-15(2)9-11-18(17)20/h4-9,11,14,19,21H,3,10,12-13H2,1-2H3. The van der Waals surface area contributed by atoms with E-state index in [0.717, 1.165) is 36.9 Å². The summed E-state index contributed by atoms with van der Waals surface area (Å²) in [6.07, 6.45) is 2.76. The van der Waals surface area contributed by atoms with Crippen LogP contribution in [0.5, 0.6) is 0 Å². The van der Waals surface area contributed by atoms with Crippen LogP contribution < -0.4 is 5.32 Å². The van der Waals surface area contributed by atoms with Crippen LogP contribution in [-0.4, -0.2) is 6.54 Å². The van der Waals surface area contributed by atoms with Crippen LogP contribution in [0, 0.1) is 12.7 Å². The first kappa shape index (κ1) is 15.7. The molecule has 0 heterocycles. The fourth-order valence-corrected chi connectivity index (χ4v) is 2.59. The highest BCUT2D eigenvalue weighted by molar-refractivity contribution is 5.25. The lowest BCUT2D eigenvalue weighted by molar-refractivity contribution is 0.492. The van der Waals surface area contributed by atoms with Crippen molar-refractivity contribution < 1.29 is 4.39 Å². The maximum Gasteiger partial charge on any atom is 0.126 e. The van der Waals surface area contributed by atoms with Crippen molar-refractivity contribution in [2.45, 2.75) is 39.2 Å². The summed E-state index contributed by atoms with van der Waals surface area (Å²) in [7, 11) is 0. The Morgan fingerprint density at radius 1 is 1.10 bits per heavy atom. The Kier molecular flexibility index (Phi) is 5.94. The quantitative estimate of drug-likeness (QED) is 0.770. The maximum absolute atomic E-state index is 13.9. The number of rotatable bonds is 7. The molecule has 1 nitrogen and oxygen atoms in total. The van der Waals surface area contributed by atoms with Gasteiger partial charge in [0, 0.05) is 6.04 Å². The van der Waals surface area contributed by atoms with Gasteiger partial charge in [-0.2, -0.15) is 0 Å². The molecular formula is C19H24FN. The van der Waals surface area contributed by atoms with E-state index < -0.39 is 0 Å². The van der Waals surface area contributed by atoms with Gasteiger partial charge in [0.1, 0.15) is 5.82 Å². The predicted molar refractivity (Wildman–Crippen MR) is 86.9 cm³/mol. The molecule has 2 rings (SSSR count). The zero-order valence-electron chi connectivity index (χ0n) is 12.9. The zero-order valence-corrected chi connectivity index (χ0v) is 12.9. The molecule has 0 radical (unpaired) electrons. The van der Waals surface area contributed by atoms with E-state index in [4.69, 9.17) is 0 Å². The lowest BCUT2D eigenvalue weighted by atomic mass is 9.98. The molecule has 0 aliphatic carbocycles. The first-order chi connectivity index (χ1) is 10.2. The molecule has 0 amide bonds. The van der Waals surface area contributed by atoms with E-state index in [9.17, 15) is 4.39 Å². The Bertz CT molecular complexity index is 551. The first-order valence-corrected chi connectivity index (χ1v) is 7.74. The van der Waals surface area contributed by atoms with Crippen LogP contribution in [0.1, 0.15) is 42.5 Å². The molecule has 0 aliphatic heterocycles. The third-order valence-corrected chi connectivity index (χ3v) is 3.75. The number of benzene rings is 2. The third-order valence-electron chi connectivity index (χ3n) is 3.75. The summed E-state index contributed by atoms with van der Waals surface area (Å²) in [5.41, 5.74) is 3.21. The van der Waals surface area contributed by atoms with Gasteiger partial charge in [-0.15, -0.1) is 0 Å². The second-order valence-corrected chi connectivity index (χ2v) is 5.55. The fraction of sp³-hybridized carbons (Fsp3) is 0.368. The number of aryl methyl sites for hydroxylation is 2.